The average Bonchev–Trinajstić information content (AvgIpc) is 3.74. The summed E-state index contributed by atoms with van der Waals surface area (Å²) in [4.78, 5) is 2.43. The van der Waals surface area contributed by atoms with E-state index < -0.39 is 5.41 Å². The maximum atomic E-state index is 2.51. The van der Waals surface area contributed by atoms with Crippen LogP contribution in [-0.2, 0) is 10.8 Å². The van der Waals surface area contributed by atoms with Crippen molar-refractivity contribution in [3.8, 4) is 22.3 Å². The van der Waals surface area contributed by atoms with E-state index in [4.69, 9.17) is 0 Å². The van der Waals surface area contributed by atoms with Crippen LogP contribution >= 0.6 is 11.3 Å². The highest BCUT2D eigenvalue weighted by Crippen LogP contribution is 2.62. The smallest absolute Gasteiger partial charge is 0.0719 e. The minimum absolute atomic E-state index is 0.222. The molecule has 0 atom stereocenters. The number of benzene rings is 8. The molecule has 1 nitrogen and oxygen atoms in total. The van der Waals surface area contributed by atoms with Crippen molar-refractivity contribution in [1.82, 2.24) is 0 Å². The average molecular weight is 708 g/mol. The largest absolute Gasteiger partial charge is 0.310 e. The highest BCUT2D eigenvalue weighted by Gasteiger charge is 2.53. The zero-order valence-corrected chi connectivity index (χ0v) is 31.1. The summed E-state index contributed by atoms with van der Waals surface area (Å²) in [6.45, 7) is 4.83. The molecule has 0 amide bonds. The highest BCUT2D eigenvalue weighted by molar-refractivity contribution is 7.25. The lowest BCUT2D eigenvalue weighted by Gasteiger charge is -2.47. The summed E-state index contributed by atoms with van der Waals surface area (Å²) in [6, 6.07) is 70.1. The first-order valence-electron chi connectivity index (χ1n) is 18.9. The quantitative estimate of drug-likeness (QED) is 0.176. The molecule has 1 heterocycles. The van der Waals surface area contributed by atoms with Crippen LogP contribution in [0.25, 0.3) is 42.4 Å². The molecule has 2 heteroatoms. The third kappa shape index (κ3) is 4.26. The van der Waals surface area contributed by atoms with Crippen molar-refractivity contribution in [3.63, 3.8) is 0 Å². The van der Waals surface area contributed by atoms with Crippen LogP contribution in [0.2, 0.25) is 0 Å². The topological polar surface area (TPSA) is 3.24 Å². The Hall–Kier alpha value is -6.22. The van der Waals surface area contributed by atoms with Crippen LogP contribution in [0.1, 0.15) is 47.2 Å². The van der Waals surface area contributed by atoms with E-state index >= 15 is 0 Å². The number of hydrogen-bond acceptors (Lipinski definition) is 2. The van der Waals surface area contributed by atoms with Gasteiger partial charge in [0.15, 0.2) is 0 Å². The van der Waals surface area contributed by atoms with Gasteiger partial charge >= 0.3 is 0 Å². The van der Waals surface area contributed by atoms with Gasteiger partial charge in [0.1, 0.15) is 0 Å². The van der Waals surface area contributed by atoms with E-state index in [1.807, 2.05) is 11.3 Å². The van der Waals surface area contributed by atoms with E-state index in [-0.39, 0.29) is 5.41 Å². The molecule has 256 valence electrons. The third-order valence-electron chi connectivity index (χ3n) is 12.1. The summed E-state index contributed by atoms with van der Waals surface area (Å²) in [6.07, 6.45) is 0. The molecule has 9 aromatic rings. The standard InChI is InChI=1S/C52H37NS/c1-51(2)44-24-12-13-25-45(44)52(42-22-10-6-19-38(42)39-20-7-11-23-43(39)52)46-31-28-34(32-47(46)51)37-18-8-14-26-48(37)53(35-16-4-3-5-17-35)36-29-30-41-40-21-9-15-27-49(40)54-50(41)33-36/h3-33H,1-2H3. The maximum Gasteiger partial charge on any atom is 0.0719 e. The van der Waals surface area contributed by atoms with Gasteiger partial charge in [-0.15, -0.1) is 11.3 Å². The lowest BCUT2D eigenvalue weighted by molar-refractivity contribution is 0.563. The summed E-state index contributed by atoms with van der Waals surface area (Å²) >= 11 is 1.87. The Morgan fingerprint density at radius 2 is 0.963 bits per heavy atom. The van der Waals surface area contributed by atoms with E-state index in [1.54, 1.807) is 0 Å². The van der Waals surface area contributed by atoms with E-state index in [0.29, 0.717) is 0 Å². The van der Waals surface area contributed by atoms with Crippen LogP contribution < -0.4 is 4.90 Å². The second-order valence-corrected chi connectivity index (χ2v) is 16.3. The first-order valence-corrected chi connectivity index (χ1v) is 19.7. The Bertz CT molecular complexity index is 2890. The fourth-order valence-electron chi connectivity index (χ4n) is 9.79. The van der Waals surface area contributed by atoms with Gasteiger partial charge < -0.3 is 4.90 Å². The number of anilines is 3. The minimum atomic E-state index is -0.400. The van der Waals surface area contributed by atoms with Gasteiger partial charge in [0.05, 0.1) is 11.1 Å². The Balaban J connectivity index is 1.15. The van der Waals surface area contributed by atoms with Crippen LogP contribution in [0.3, 0.4) is 0 Å². The number of hydrogen-bond donors (Lipinski definition) is 0. The van der Waals surface area contributed by atoms with E-state index in [1.165, 1.54) is 75.8 Å². The van der Waals surface area contributed by atoms with Crippen LogP contribution in [0.15, 0.2) is 188 Å². The number of rotatable bonds is 4. The predicted octanol–water partition coefficient (Wildman–Crippen LogP) is 14.2. The van der Waals surface area contributed by atoms with Gasteiger partial charge in [-0.25, -0.2) is 0 Å². The third-order valence-corrected chi connectivity index (χ3v) is 13.3. The van der Waals surface area contributed by atoms with Gasteiger partial charge in [0, 0.05) is 42.5 Å². The number of fused-ring (bicyclic) bond motifs is 12. The molecule has 0 aliphatic heterocycles. The summed E-state index contributed by atoms with van der Waals surface area (Å²) in [5.41, 5.74) is 16.2. The second-order valence-electron chi connectivity index (χ2n) is 15.2. The van der Waals surface area contributed by atoms with Crippen molar-refractivity contribution in [2.75, 3.05) is 4.90 Å². The van der Waals surface area contributed by atoms with Gasteiger partial charge in [0.25, 0.3) is 0 Å². The van der Waals surface area contributed by atoms with Gasteiger partial charge in [-0.2, -0.15) is 0 Å². The van der Waals surface area contributed by atoms with E-state index in [0.717, 1.165) is 17.1 Å². The van der Waals surface area contributed by atoms with Crippen molar-refractivity contribution >= 4 is 48.6 Å². The van der Waals surface area contributed by atoms with Gasteiger partial charge in [-0.1, -0.05) is 159 Å². The molecule has 2 aliphatic carbocycles. The number of nitrogens with zero attached hydrogens (tertiary/aromatic N) is 1. The molecule has 0 fully saturated rings. The molecule has 0 unspecified atom stereocenters. The molecule has 8 aromatic carbocycles. The SMILES string of the molecule is CC1(C)c2ccccc2C2(c3ccccc3-c3ccccc32)c2ccc(-c3ccccc3N(c3ccccc3)c3ccc4c(c3)sc3ccccc34)cc21. The molecule has 0 radical (unpaired) electrons. The second kappa shape index (κ2) is 11.6. The van der Waals surface area contributed by atoms with Crippen LogP contribution in [0, 0.1) is 0 Å². The van der Waals surface area contributed by atoms with Crippen molar-refractivity contribution in [2.24, 2.45) is 0 Å². The molecule has 54 heavy (non-hydrogen) atoms. The lowest BCUT2D eigenvalue weighted by atomic mass is 9.55. The lowest BCUT2D eigenvalue weighted by Crippen LogP contribution is -2.40. The minimum Gasteiger partial charge on any atom is -0.310 e. The summed E-state index contributed by atoms with van der Waals surface area (Å²) in [7, 11) is 0. The number of para-hydroxylation sites is 2. The Morgan fingerprint density at radius 3 is 1.72 bits per heavy atom. The maximum absolute atomic E-state index is 2.51. The van der Waals surface area contributed by atoms with Crippen molar-refractivity contribution in [2.45, 2.75) is 24.7 Å². The number of thiophene rings is 1. The molecule has 1 spiro atoms. The Labute approximate surface area is 320 Å². The summed E-state index contributed by atoms with van der Waals surface area (Å²) in [5.74, 6) is 0. The van der Waals surface area contributed by atoms with Crippen molar-refractivity contribution in [3.05, 3.63) is 221 Å². The van der Waals surface area contributed by atoms with Gasteiger partial charge in [-0.3, -0.25) is 0 Å². The fraction of sp³-hybridized carbons (Fsp3) is 0.0769. The molecular weight excluding hydrogens is 671 g/mol. The molecule has 2 aliphatic rings. The molecule has 1 aromatic heterocycles. The molecule has 0 saturated heterocycles. The molecule has 0 N–H and O–H groups in total. The normalized spacial score (nSPS) is 14.4. The Kier molecular flexibility index (Phi) is 6.75. The van der Waals surface area contributed by atoms with Gasteiger partial charge in [0.2, 0.25) is 0 Å². The van der Waals surface area contributed by atoms with Crippen molar-refractivity contribution < 1.29 is 0 Å². The molecular formula is C52H37NS. The Morgan fingerprint density at radius 1 is 0.389 bits per heavy atom. The molecule has 0 saturated carbocycles. The summed E-state index contributed by atoms with van der Waals surface area (Å²) < 4.78 is 2.61. The van der Waals surface area contributed by atoms with Crippen LogP contribution in [0.4, 0.5) is 17.1 Å². The predicted molar refractivity (Wildman–Crippen MR) is 229 cm³/mol. The highest BCUT2D eigenvalue weighted by atomic mass is 32.1. The monoisotopic (exact) mass is 707 g/mol. The molecule has 11 rings (SSSR count). The van der Waals surface area contributed by atoms with E-state index in [2.05, 4.69) is 207 Å². The van der Waals surface area contributed by atoms with E-state index in [9.17, 15) is 0 Å². The molecule has 0 bridgehead atoms. The van der Waals surface area contributed by atoms with Gasteiger partial charge in [-0.05, 0) is 92.5 Å². The first-order chi connectivity index (χ1) is 26.5. The first kappa shape index (κ1) is 31.3. The van der Waals surface area contributed by atoms with Crippen LogP contribution in [-0.4, -0.2) is 0 Å². The van der Waals surface area contributed by atoms with Crippen molar-refractivity contribution in [1.29, 1.82) is 0 Å². The van der Waals surface area contributed by atoms with Crippen LogP contribution in [0.5, 0.6) is 0 Å². The summed E-state index contributed by atoms with van der Waals surface area (Å²) in [5, 5.41) is 2.63. The zero-order chi connectivity index (χ0) is 36.0. The fourth-order valence-corrected chi connectivity index (χ4v) is 10.9. The zero-order valence-electron chi connectivity index (χ0n) is 30.3.